The third-order valence-corrected chi connectivity index (χ3v) is 4.81. The average molecular weight is 384 g/mol. The molecule has 3 heterocycles. The molecule has 1 saturated heterocycles. The second-order valence-corrected chi connectivity index (χ2v) is 6.72. The van der Waals surface area contributed by atoms with Crippen LogP contribution in [0, 0.1) is 11.3 Å². The van der Waals surface area contributed by atoms with E-state index in [2.05, 4.69) is 26.3 Å². The summed E-state index contributed by atoms with van der Waals surface area (Å²) in [4.78, 5) is 25.5. The molecule has 4 rings (SSSR count). The molecule has 1 fully saturated rings. The van der Waals surface area contributed by atoms with Crippen LogP contribution in [0.2, 0.25) is 0 Å². The van der Waals surface area contributed by atoms with Crippen molar-refractivity contribution in [2.45, 2.75) is 0 Å². The van der Waals surface area contributed by atoms with E-state index in [0.717, 1.165) is 24.6 Å². The second-order valence-electron chi connectivity index (χ2n) is 6.72. The molecule has 0 spiro atoms. The molecule has 0 saturated carbocycles. The maximum absolute atomic E-state index is 12.8. The maximum atomic E-state index is 12.8. The molecule has 29 heavy (non-hydrogen) atoms. The smallest absolute Gasteiger partial charge is 0.255 e. The summed E-state index contributed by atoms with van der Waals surface area (Å²) < 4.78 is 0. The molecule has 1 amide bonds. The van der Waals surface area contributed by atoms with E-state index in [1.165, 1.54) is 0 Å². The van der Waals surface area contributed by atoms with Crippen LogP contribution in [0.25, 0.3) is 0 Å². The number of amides is 1. The van der Waals surface area contributed by atoms with E-state index in [1.54, 1.807) is 36.7 Å². The molecule has 1 aromatic carbocycles. The fourth-order valence-corrected chi connectivity index (χ4v) is 3.27. The summed E-state index contributed by atoms with van der Waals surface area (Å²) in [5, 5.41) is 12.1. The molecular weight excluding hydrogens is 364 g/mol. The fourth-order valence-electron chi connectivity index (χ4n) is 3.27. The number of carbonyl (C=O) groups excluding carboxylic acids is 1. The van der Waals surface area contributed by atoms with Crippen molar-refractivity contribution in [2.75, 3.05) is 36.4 Å². The van der Waals surface area contributed by atoms with Gasteiger partial charge in [-0.2, -0.15) is 5.26 Å². The van der Waals surface area contributed by atoms with Gasteiger partial charge < -0.3 is 15.1 Å². The first-order valence-corrected chi connectivity index (χ1v) is 9.41. The second kappa shape index (κ2) is 8.40. The number of aromatic nitrogens is 2. The lowest BCUT2D eigenvalue weighted by Crippen LogP contribution is -2.49. The number of nitrogens with one attached hydrogen (secondary N) is 1. The van der Waals surface area contributed by atoms with Crippen molar-refractivity contribution in [1.82, 2.24) is 14.9 Å². The maximum Gasteiger partial charge on any atom is 0.255 e. The number of hydrogen-bond donors (Lipinski definition) is 1. The minimum Gasteiger partial charge on any atom is -0.353 e. The molecule has 0 aliphatic carbocycles. The molecule has 0 atom stereocenters. The van der Waals surface area contributed by atoms with Gasteiger partial charge >= 0.3 is 0 Å². The number of rotatable bonds is 4. The zero-order valence-electron chi connectivity index (χ0n) is 15.8. The summed E-state index contributed by atoms with van der Waals surface area (Å²) in [5.41, 5.74) is 1.92. The van der Waals surface area contributed by atoms with Crippen LogP contribution in [0.15, 0.2) is 67.0 Å². The Bertz CT molecular complexity index is 1020. The van der Waals surface area contributed by atoms with Gasteiger partial charge in [-0.05, 0) is 42.5 Å². The summed E-state index contributed by atoms with van der Waals surface area (Å²) in [6.07, 6.45) is 3.37. The molecule has 0 radical (unpaired) electrons. The van der Waals surface area contributed by atoms with Gasteiger partial charge in [-0.25, -0.2) is 9.97 Å². The number of pyridine rings is 2. The number of anilines is 3. The van der Waals surface area contributed by atoms with Gasteiger partial charge in [-0.1, -0.05) is 12.1 Å². The molecule has 1 N–H and O–H groups in total. The molecule has 0 bridgehead atoms. The van der Waals surface area contributed by atoms with E-state index in [0.29, 0.717) is 30.0 Å². The van der Waals surface area contributed by atoms with Gasteiger partial charge in [-0.3, -0.25) is 4.79 Å². The highest BCUT2D eigenvalue weighted by molar-refractivity contribution is 5.94. The van der Waals surface area contributed by atoms with Gasteiger partial charge in [0.15, 0.2) is 0 Å². The monoisotopic (exact) mass is 384 g/mol. The first-order chi connectivity index (χ1) is 14.2. The van der Waals surface area contributed by atoms with Crippen molar-refractivity contribution in [3.63, 3.8) is 0 Å². The van der Waals surface area contributed by atoms with Gasteiger partial charge in [0, 0.05) is 44.3 Å². The summed E-state index contributed by atoms with van der Waals surface area (Å²) in [6.45, 7) is 2.81. The number of nitriles is 1. The predicted molar refractivity (Wildman–Crippen MR) is 111 cm³/mol. The van der Waals surface area contributed by atoms with Gasteiger partial charge in [-0.15, -0.1) is 0 Å². The standard InChI is InChI=1S/C22H20N6O/c23-15-17-4-3-5-19(14-17)26-20-8-7-18(16-25-20)22(29)28-12-10-27(11-13-28)21-6-1-2-9-24-21/h1-9,14,16H,10-13H2,(H,25,26). The van der Waals surface area contributed by atoms with E-state index in [4.69, 9.17) is 5.26 Å². The number of piperazine rings is 1. The molecule has 1 aliphatic heterocycles. The van der Waals surface area contributed by atoms with Gasteiger partial charge in [0.2, 0.25) is 0 Å². The summed E-state index contributed by atoms with van der Waals surface area (Å²) in [6, 6.07) is 18.7. The molecular formula is C22H20N6O. The predicted octanol–water partition coefficient (Wildman–Crippen LogP) is 3.05. The molecule has 2 aromatic heterocycles. The van der Waals surface area contributed by atoms with Crippen LogP contribution in [0.5, 0.6) is 0 Å². The normalized spacial score (nSPS) is 13.6. The lowest BCUT2D eigenvalue weighted by atomic mass is 10.2. The van der Waals surface area contributed by atoms with E-state index < -0.39 is 0 Å². The Morgan fingerprint density at radius 1 is 1.00 bits per heavy atom. The third-order valence-electron chi connectivity index (χ3n) is 4.81. The van der Waals surface area contributed by atoms with Crippen LogP contribution in [0.1, 0.15) is 15.9 Å². The first kappa shape index (κ1) is 18.4. The van der Waals surface area contributed by atoms with Gasteiger partial charge in [0.05, 0.1) is 17.2 Å². The number of nitrogens with zero attached hydrogens (tertiary/aromatic N) is 5. The van der Waals surface area contributed by atoms with E-state index in [9.17, 15) is 4.79 Å². The van der Waals surface area contributed by atoms with Crippen LogP contribution >= 0.6 is 0 Å². The SMILES string of the molecule is N#Cc1cccc(Nc2ccc(C(=O)N3CCN(c4ccccn4)CC3)cn2)c1. The summed E-state index contributed by atoms with van der Waals surface area (Å²) in [5.74, 6) is 1.55. The summed E-state index contributed by atoms with van der Waals surface area (Å²) >= 11 is 0. The Balaban J connectivity index is 1.36. The van der Waals surface area contributed by atoms with Gasteiger partial charge in [0.25, 0.3) is 5.91 Å². The summed E-state index contributed by atoms with van der Waals surface area (Å²) in [7, 11) is 0. The highest BCUT2D eigenvalue weighted by atomic mass is 16.2. The van der Waals surface area contributed by atoms with Crippen LogP contribution in [-0.2, 0) is 0 Å². The zero-order chi connectivity index (χ0) is 20.1. The van der Waals surface area contributed by atoms with Crippen molar-refractivity contribution in [1.29, 1.82) is 5.26 Å². The van der Waals surface area contributed by atoms with Gasteiger partial charge in [0.1, 0.15) is 11.6 Å². The van der Waals surface area contributed by atoms with Crippen LogP contribution in [0.3, 0.4) is 0 Å². The van der Waals surface area contributed by atoms with Crippen molar-refractivity contribution >= 4 is 23.2 Å². The number of hydrogen-bond acceptors (Lipinski definition) is 6. The van der Waals surface area contributed by atoms with E-state index in [-0.39, 0.29) is 5.91 Å². The van der Waals surface area contributed by atoms with E-state index >= 15 is 0 Å². The topological polar surface area (TPSA) is 85.2 Å². The first-order valence-electron chi connectivity index (χ1n) is 9.41. The minimum absolute atomic E-state index is 0.0174. The molecule has 0 unspecified atom stereocenters. The Morgan fingerprint density at radius 3 is 2.55 bits per heavy atom. The Morgan fingerprint density at radius 2 is 1.86 bits per heavy atom. The largest absolute Gasteiger partial charge is 0.353 e. The molecule has 144 valence electrons. The number of carbonyl (C=O) groups is 1. The number of benzene rings is 1. The highest BCUT2D eigenvalue weighted by Gasteiger charge is 2.23. The van der Waals surface area contributed by atoms with Crippen LogP contribution in [-0.4, -0.2) is 47.0 Å². The Hall–Kier alpha value is -3.92. The molecule has 1 aliphatic rings. The minimum atomic E-state index is -0.0174. The fraction of sp³-hybridized carbons (Fsp3) is 0.182. The van der Waals surface area contributed by atoms with E-state index in [1.807, 2.05) is 35.2 Å². The highest BCUT2D eigenvalue weighted by Crippen LogP contribution is 2.18. The van der Waals surface area contributed by atoms with Crippen LogP contribution in [0.4, 0.5) is 17.3 Å². The van der Waals surface area contributed by atoms with Crippen molar-refractivity contribution in [3.05, 3.63) is 78.1 Å². The quantitative estimate of drug-likeness (QED) is 0.744. The lowest BCUT2D eigenvalue weighted by Gasteiger charge is -2.35. The lowest BCUT2D eigenvalue weighted by molar-refractivity contribution is 0.0746. The third kappa shape index (κ3) is 4.33. The zero-order valence-corrected chi connectivity index (χ0v) is 15.8. The molecule has 7 nitrogen and oxygen atoms in total. The van der Waals surface area contributed by atoms with Crippen molar-refractivity contribution in [2.24, 2.45) is 0 Å². The molecule has 7 heteroatoms. The molecule has 3 aromatic rings. The average Bonchev–Trinajstić information content (AvgIpc) is 2.80. The Labute approximate surface area is 169 Å². The van der Waals surface area contributed by atoms with Crippen LogP contribution < -0.4 is 10.2 Å². The van der Waals surface area contributed by atoms with Crippen molar-refractivity contribution < 1.29 is 4.79 Å². The van der Waals surface area contributed by atoms with Crippen molar-refractivity contribution in [3.8, 4) is 6.07 Å². The Kier molecular flexibility index (Phi) is 5.34.